The zero-order valence-electron chi connectivity index (χ0n) is 33.2. The first-order valence-corrected chi connectivity index (χ1v) is 18.7. The minimum Gasteiger partial charge on any atom is -0.494 e. The number of halogens is 6. The molecule has 0 saturated carbocycles. The zero-order chi connectivity index (χ0) is 44.8. The third-order valence-corrected chi connectivity index (χ3v) is 8.80. The van der Waals surface area contributed by atoms with Crippen molar-refractivity contribution < 1.29 is 73.9 Å². The lowest BCUT2D eigenvalue weighted by atomic mass is 9.73. The lowest BCUT2D eigenvalue weighted by Gasteiger charge is -2.38. The minimum absolute atomic E-state index is 0.0267. The third-order valence-electron chi connectivity index (χ3n) is 8.80. The highest BCUT2D eigenvalue weighted by Crippen LogP contribution is 2.56. The summed E-state index contributed by atoms with van der Waals surface area (Å²) in [5.41, 5.74) is -6.31. The maximum Gasteiger partial charge on any atom is 0.411 e. The first kappa shape index (κ1) is 47.1. The second-order valence-corrected chi connectivity index (χ2v) is 13.6. The highest BCUT2D eigenvalue weighted by atomic mass is 19.4. The summed E-state index contributed by atoms with van der Waals surface area (Å²) < 4.78 is 120. The smallest absolute Gasteiger partial charge is 0.411 e. The van der Waals surface area contributed by atoms with Crippen LogP contribution in [0.2, 0.25) is 0 Å². The van der Waals surface area contributed by atoms with Gasteiger partial charge in [-0.1, -0.05) is 37.4 Å². The van der Waals surface area contributed by atoms with E-state index in [1.54, 1.807) is 0 Å². The molecular weight excluding hydrogens is 814 g/mol. The lowest BCUT2D eigenvalue weighted by molar-refractivity contribution is -0.288. The number of esters is 4. The van der Waals surface area contributed by atoms with Gasteiger partial charge in [0.05, 0.1) is 37.6 Å². The monoisotopic (exact) mass is 856 g/mol. The summed E-state index contributed by atoms with van der Waals surface area (Å²) in [7, 11) is 0. The van der Waals surface area contributed by atoms with Crippen LogP contribution in [0.15, 0.2) is 121 Å². The predicted molar refractivity (Wildman–Crippen MR) is 210 cm³/mol. The number of benzene rings is 4. The van der Waals surface area contributed by atoms with Crippen LogP contribution in [0.4, 0.5) is 26.3 Å². The lowest BCUT2D eigenvalue weighted by Crippen LogP contribution is -2.54. The molecule has 0 unspecified atom stereocenters. The molecule has 10 nitrogen and oxygen atoms in total. The molecule has 324 valence electrons. The molecule has 4 aromatic rings. The second kappa shape index (κ2) is 21.1. The Hall–Kier alpha value is -6.58. The van der Waals surface area contributed by atoms with Gasteiger partial charge in [0.25, 0.3) is 0 Å². The van der Waals surface area contributed by atoms with Crippen molar-refractivity contribution in [1.82, 2.24) is 0 Å². The van der Waals surface area contributed by atoms with Gasteiger partial charge in [0.1, 0.15) is 23.0 Å². The molecule has 0 aromatic heterocycles. The minimum atomic E-state index is -5.91. The van der Waals surface area contributed by atoms with E-state index in [9.17, 15) is 45.5 Å². The van der Waals surface area contributed by atoms with Gasteiger partial charge in [0, 0.05) is 11.1 Å². The van der Waals surface area contributed by atoms with Gasteiger partial charge in [-0.15, -0.1) is 0 Å². The fourth-order valence-electron chi connectivity index (χ4n) is 5.60. The molecular formula is C45H42F6O10. The van der Waals surface area contributed by atoms with E-state index in [1.807, 2.05) is 0 Å². The molecule has 0 fully saturated rings. The van der Waals surface area contributed by atoms with Crippen molar-refractivity contribution in [1.29, 1.82) is 0 Å². The summed E-state index contributed by atoms with van der Waals surface area (Å²) in [6.45, 7) is 11.0. The second-order valence-electron chi connectivity index (χ2n) is 13.6. The number of unbranched alkanes of at least 4 members (excludes halogenated alkanes) is 2. The number of carbonyl (C=O) groups is 4. The summed E-state index contributed by atoms with van der Waals surface area (Å²) in [4.78, 5) is 48.3. The van der Waals surface area contributed by atoms with Crippen LogP contribution in [0.5, 0.6) is 23.0 Å². The van der Waals surface area contributed by atoms with Crippen LogP contribution in [0.25, 0.3) is 0 Å². The summed E-state index contributed by atoms with van der Waals surface area (Å²) in [5.74, 6) is -2.66. The average molecular weight is 857 g/mol. The van der Waals surface area contributed by atoms with Gasteiger partial charge in [-0.3, -0.25) is 0 Å². The molecule has 0 heterocycles. The Bertz CT molecular complexity index is 1990. The molecule has 0 saturated heterocycles. The zero-order valence-corrected chi connectivity index (χ0v) is 33.2. The standard InChI is InChI=1S/C45H42F6O10/c1-29(2)39(52)58-27-7-5-25-56-35-17-9-31(10-18-35)41(54)60-37-21-13-33(14-22-37)43(44(46,47)48,45(49,50)51)34-15-23-38(24-16-34)61-42(55)32-11-19-36(20-12-32)57-26-6-8-28-59-40(53)30(3)4/h9-24H,1,3,5-8,25-28H2,2,4H3. The van der Waals surface area contributed by atoms with E-state index >= 15 is 0 Å². The molecule has 0 aliphatic carbocycles. The molecule has 0 amide bonds. The van der Waals surface area contributed by atoms with Gasteiger partial charge in [0.15, 0.2) is 0 Å². The Kier molecular flexibility index (Phi) is 16.3. The Balaban J connectivity index is 1.37. The van der Waals surface area contributed by atoms with Crippen molar-refractivity contribution in [3.63, 3.8) is 0 Å². The molecule has 0 N–H and O–H groups in total. The molecule has 0 aliphatic rings. The van der Waals surface area contributed by atoms with Crippen LogP contribution < -0.4 is 18.9 Å². The van der Waals surface area contributed by atoms with Crippen LogP contribution >= 0.6 is 0 Å². The van der Waals surface area contributed by atoms with Gasteiger partial charge >= 0.3 is 36.2 Å². The summed E-state index contributed by atoms with van der Waals surface area (Å²) in [6, 6.07) is 16.9. The van der Waals surface area contributed by atoms with E-state index in [-0.39, 0.29) is 60.2 Å². The maximum absolute atomic E-state index is 14.8. The van der Waals surface area contributed by atoms with E-state index in [4.69, 9.17) is 28.4 Å². The van der Waals surface area contributed by atoms with Gasteiger partial charge < -0.3 is 28.4 Å². The molecule has 0 spiro atoms. The normalized spacial score (nSPS) is 11.5. The van der Waals surface area contributed by atoms with Crippen LogP contribution in [0.1, 0.15) is 71.4 Å². The van der Waals surface area contributed by atoms with E-state index in [1.165, 1.54) is 62.4 Å². The van der Waals surface area contributed by atoms with Crippen molar-refractivity contribution in [2.24, 2.45) is 0 Å². The third kappa shape index (κ3) is 12.7. The summed E-state index contributed by atoms with van der Waals surface area (Å²) >= 11 is 0. The quantitative estimate of drug-likeness (QED) is 0.0279. The molecule has 16 heteroatoms. The number of alkyl halides is 6. The molecule has 0 radical (unpaired) electrons. The van der Waals surface area contributed by atoms with Crippen molar-refractivity contribution in [3.05, 3.63) is 144 Å². The molecule has 4 rings (SSSR count). The SMILES string of the molecule is C=C(C)C(=O)OCCCCOc1ccc(C(=O)Oc2ccc(C(c3ccc(OC(=O)c4ccc(OCCCCOC(=O)C(=C)C)cc4)cc3)(C(F)(F)F)C(F)(F)F)cc2)cc1. The Morgan fingerprint density at radius 1 is 0.459 bits per heavy atom. The fourth-order valence-corrected chi connectivity index (χ4v) is 5.60. The van der Waals surface area contributed by atoms with Crippen molar-refractivity contribution in [3.8, 4) is 23.0 Å². The summed E-state index contributed by atoms with van der Waals surface area (Å²) in [5, 5.41) is 0. The molecule has 0 bridgehead atoms. The van der Waals surface area contributed by atoms with Crippen LogP contribution in [0, 0.1) is 0 Å². The molecule has 4 aromatic carbocycles. The Morgan fingerprint density at radius 3 is 1.05 bits per heavy atom. The Morgan fingerprint density at radius 2 is 0.754 bits per heavy atom. The van der Waals surface area contributed by atoms with Crippen LogP contribution in [-0.4, -0.2) is 62.7 Å². The first-order chi connectivity index (χ1) is 28.8. The Labute approximate surface area is 347 Å². The van der Waals surface area contributed by atoms with Gasteiger partial charge in [0.2, 0.25) is 5.41 Å². The maximum atomic E-state index is 14.8. The first-order valence-electron chi connectivity index (χ1n) is 18.7. The van der Waals surface area contributed by atoms with Crippen molar-refractivity contribution in [2.45, 2.75) is 57.3 Å². The van der Waals surface area contributed by atoms with Crippen LogP contribution in [-0.2, 0) is 24.5 Å². The van der Waals surface area contributed by atoms with E-state index in [0.717, 1.165) is 24.3 Å². The van der Waals surface area contributed by atoms with Crippen molar-refractivity contribution >= 4 is 23.9 Å². The number of carbonyl (C=O) groups excluding carboxylic acids is 4. The predicted octanol–water partition coefficient (Wildman–Crippen LogP) is 10.1. The van der Waals surface area contributed by atoms with Gasteiger partial charge in [-0.2, -0.15) is 26.3 Å². The van der Waals surface area contributed by atoms with E-state index in [0.29, 0.717) is 61.4 Å². The van der Waals surface area contributed by atoms with E-state index in [2.05, 4.69) is 13.2 Å². The molecule has 61 heavy (non-hydrogen) atoms. The number of hydrogen-bond acceptors (Lipinski definition) is 10. The molecule has 0 aliphatic heterocycles. The summed E-state index contributed by atoms with van der Waals surface area (Å²) in [6.07, 6.45) is -9.63. The number of ether oxygens (including phenoxy) is 6. The highest BCUT2D eigenvalue weighted by molar-refractivity contribution is 5.92. The molecule has 0 atom stereocenters. The fraction of sp³-hybridized carbons (Fsp3) is 0.289. The van der Waals surface area contributed by atoms with Gasteiger partial charge in [-0.05, 0) is 123 Å². The van der Waals surface area contributed by atoms with Crippen LogP contribution in [0.3, 0.4) is 0 Å². The number of hydrogen-bond donors (Lipinski definition) is 0. The van der Waals surface area contributed by atoms with Gasteiger partial charge in [-0.25, -0.2) is 19.2 Å². The largest absolute Gasteiger partial charge is 0.494 e. The number of rotatable bonds is 20. The van der Waals surface area contributed by atoms with Crippen molar-refractivity contribution in [2.75, 3.05) is 26.4 Å². The highest BCUT2D eigenvalue weighted by Gasteiger charge is 2.72. The van der Waals surface area contributed by atoms with E-state index < -0.39 is 52.8 Å². The topological polar surface area (TPSA) is 124 Å². The average Bonchev–Trinajstić information content (AvgIpc) is 3.21.